The second kappa shape index (κ2) is 14.5. The number of aliphatic hydroxyl groups excluding tert-OH is 1. The number of ether oxygens (including phenoxy) is 2. The first-order valence-electron chi connectivity index (χ1n) is 14.2. The van der Waals surface area contributed by atoms with Gasteiger partial charge in [-0.1, -0.05) is 89.9 Å². The molecule has 7 nitrogen and oxygen atoms in total. The lowest BCUT2D eigenvalue weighted by Crippen LogP contribution is -2.54. The zero-order chi connectivity index (χ0) is 30.1. The highest BCUT2D eigenvalue weighted by atomic mass is 35.5. The number of carbonyl (C=O) groups excluding carboxylic acids is 1. The number of hydrazine groups is 1. The highest BCUT2D eigenvalue weighted by molar-refractivity contribution is 6.35. The van der Waals surface area contributed by atoms with Crippen LogP contribution in [0.25, 0.3) is 0 Å². The van der Waals surface area contributed by atoms with E-state index >= 15 is 0 Å². The van der Waals surface area contributed by atoms with Gasteiger partial charge in [0.05, 0.1) is 6.61 Å². The topological polar surface area (TPSA) is 92.2 Å². The maximum Gasteiger partial charge on any atom is 0.266 e. The number of nitrogens with zero attached hydrogens (tertiary/aromatic N) is 1. The minimum Gasteiger partial charge on any atom is -0.494 e. The summed E-state index contributed by atoms with van der Waals surface area (Å²) in [6.07, 6.45) is 0.767. The smallest absolute Gasteiger partial charge is 0.266 e. The molecule has 0 unspecified atom stereocenters. The van der Waals surface area contributed by atoms with Gasteiger partial charge in [0.1, 0.15) is 5.75 Å². The summed E-state index contributed by atoms with van der Waals surface area (Å²) in [5.41, 5.74) is 8.11. The van der Waals surface area contributed by atoms with E-state index in [1.165, 1.54) is 0 Å². The minimum atomic E-state index is -1.31. The van der Waals surface area contributed by atoms with Gasteiger partial charge < -0.3 is 14.6 Å². The van der Waals surface area contributed by atoms with Gasteiger partial charge in [0, 0.05) is 41.6 Å². The first-order valence-corrected chi connectivity index (χ1v) is 14.9. The molecule has 4 aromatic carbocycles. The molecule has 2 atom stereocenters. The largest absolute Gasteiger partial charge is 0.494 e. The summed E-state index contributed by atoms with van der Waals surface area (Å²) >= 11 is 12.4. The van der Waals surface area contributed by atoms with Crippen LogP contribution in [0.15, 0.2) is 108 Å². The molecule has 1 amide bonds. The third-order valence-electron chi connectivity index (χ3n) is 7.19. The normalized spacial score (nSPS) is 17.7. The van der Waals surface area contributed by atoms with Gasteiger partial charge in [-0.15, -0.1) is 0 Å². The average molecular weight is 619 g/mol. The Hall–Kier alpha value is -3.88. The lowest BCUT2D eigenvalue weighted by molar-refractivity contribution is -0.130. The summed E-state index contributed by atoms with van der Waals surface area (Å²) in [4.78, 5) is 19.3. The number of nitrogens with one attached hydrogen (secondary N) is 2. The predicted octanol–water partition coefficient (Wildman–Crippen LogP) is 6.12. The summed E-state index contributed by atoms with van der Waals surface area (Å²) in [6, 6.07) is 32.2. The highest BCUT2D eigenvalue weighted by Crippen LogP contribution is 2.42. The zero-order valence-corrected chi connectivity index (χ0v) is 25.0. The maximum atomic E-state index is 14.2. The van der Waals surface area contributed by atoms with Crippen molar-refractivity contribution in [3.63, 3.8) is 0 Å². The van der Waals surface area contributed by atoms with Crippen LogP contribution in [-0.4, -0.2) is 42.2 Å². The van der Waals surface area contributed by atoms with Crippen molar-refractivity contribution < 1.29 is 19.4 Å². The Morgan fingerprint density at radius 3 is 2.37 bits per heavy atom. The van der Waals surface area contributed by atoms with Gasteiger partial charge in [0.15, 0.2) is 11.6 Å². The van der Waals surface area contributed by atoms with E-state index in [1.807, 2.05) is 91.0 Å². The first kappa shape index (κ1) is 30.6. The van der Waals surface area contributed by atoms with Crippen LogP contribution < -0.4 is 15.6 Å². The SMILES string of the molecule is O=C(NNCCc1ccc(Cl)cc1Cl)[C@@]1(Cc2ccccc2)N=C(c2ccc(OCCCO)cc2)O[C@H]1c1ccccc1. The number of amides is 1. The van der Waals surface area contributed by atoms with Crippen molar-refractivity contribution >= 4 is 35.0 Å². The van der Waals surface area contributed by atoms with Crippen molar-refractivity contribution in [3.05, 3.63) is 135 Å². The van der Waals surface area contributed by atoms with E-state index in [1.54, 1.807) is 12.1 Å². The Kier molecular flexibility index (Phi) is 10.3. The number of rotatable bonds is 13. The number of carbonyl (C=O) groups is 1. The van der Waals surface area contributed by atoms with Crippen molar-refractivity contribution in [2.45, 2.75) is 30.9 Å². The molecule has 1 aliphatic rings. The van der Waals surface area contributed by atoms with Crippen molar-refractivity contribution in [3.8, 4) is 5.75 Å². The Bertz CT molecular complexity index is 1530. The molecule has 0 radical (unpaired) electrons. The summed E-state index contributed by atoms with van der Waals surface area (Å²) in [6.45, 7) is 0.930. The molecular formula is C34H33Cl2N3O4. The molecule has 0 saturated carbocycles. The lowest BCUT2D eigenvalue weighted by Gasteiger charge is -2.31. The van der Waals surface area contributed by atoms with E-state index in [4.69, 9.17) is 42.8 Å². The number of aliphatic imine (C=N–C) groups is 1. The Balaban J connectivity index is 1.43. The van der Waals surface area contributed by atoms with Crippen molar-refractivity contribution in [2.75, 3.05) is 19.8 Å². The predicted molar refractivity (Wildman–Crippen MR) is 170 cm³/mol. The Labute approximate surface area is 261 Å². The molecule has 0 saturated heterocycles. The maximum absolute atomic E-state index is 14.2. The lowest BCUT2D eigenvalue weighted by atomic mass is 9.82. The van der Waals surface area contributed by atoms with E-state index in [2.05, 4.69) is 10.9 Å². The standard InChI is InChI=1S/C34H33Cl2N3O4/c35-28-15-12-25(30(36)22-28)18-19-37-39-33(41)34(23-24-8-3-1-4-9-24)31(26-10-5-2-6-11-26)43-32(38-34)27-13-16-29(17-14-27)42-21-7-20-40/h1-6,8-17,22,31,37,40H,7,18-21,23H2,(H,39,41)/t31-,34-/m0/s1. The van der Waals surface area contributed by atoms with Crippen LogP contribution in [0.4, 0.5) is 0 Å². The fourth-order valence-electron chi connectivity index (χ4n) is 4.99. The van der Waals surface area contributed by atoms with Crippen LogP contribution in [-0.2, 0) is 22.4 Å². The monoisotopic (exact) mass is 617 g/mol. The number of aliphatic hydroxyl groups is 1. The molecule has 0 fully saturated rings. The molecule has 222 valence electrons. The Morgan fingerprint density at radius 1 is 0.953 bits per heavy atom. The van der Waals surface area contributed by atoms with Crippen LogP contribution in [0.5, 0.6) is 5.75 Å². The van der Waals surface area contributed by atoms with E-state index in [0.717, 1.165) is 22.3 Å². The van der Waals surface area contributed by atoms with E-state index < -0.39 is 11.6 Å². The fraction of sp³-hybridized carbons (Fsp3) is 0.235. The summed E-state index contributed by atoms with van der Waals surface area (Å²) in [5, 5.41) is 10.2. The molecule has 3 N–H and O–H groups in total. The van der Waals surface area contributed by atoms with Crippen LogP contribution in [0.1, 0.15) is 34.8 Å². The molecule has 0 aromatic heterocycles. The van der Waals surface area contributed by atoms with Crippen molar-refractivity contribution in [2.24, 2.45) is 4.99 Å². The van der Waals surface area contributed by atoms with Gasteiger partial charge in [0.25, 0.3) is 5.91 Å². The average Bonchev–Trinajstić information content (AvgIpc) is 3.42. The quantitative estimate of drug-likeness (QED) is 0.124. The number of benzene rings is 4. The van der Waals surface area contributed by atoms with Gasteiger partial charge in [-0.3, -0.25) is 10.2 Å². The van der Waals surface area contributed by atoms with E-state index in [9.17, 15) is 4.79 Å². The van der Waals surface area contributed by atoms with Crippen molar-refractivity contribution in [1.82, 2.24) is 10.9 Å². The number of hydrogen-bond acceptors (Lipinski definition) is 6. The molecule has 4 aromatic rings. The molecular weight excluding hydrogens is 585 g/mol. The molecule has 43 heavy (non-hydrogen) atoms. The van der Waals surface area contributed by atoms with Crippen molar-refractivity contribution in [1.29, 1.82) is 0 Å². The second-order valence-electron chi connectivity index (χ2n) is 10.2. The van der Waals surface area contributed by atoms with E-state index in [0.29, 0.717) is 54.1 Å². The molecule has 0 bridgehead atoms. The molecule has 1 aliphatic heterocycles. The number of halogens is 2. The van der Waals surface area contributed by atoms with Gasteiger partial charge in [-0.2, -0.15) is 0 Å². The van der Waals surface area contributed by atoms with Crippen LogP contribution >= 0.6 is 23.2 Å². The number of hydrogen-bond donors (Lipinski definition) is 3. The highest BCUT2D eigenvalue weighted by Gasteiger charge is 2.53. The summed E-state index contributed by atoms with van der Waals surface area (Å²) in [7, 11) is 0. The molecule has 0 aliphatic carbocycles. The molecule has 5 rings (SSSR count). The van der Waals surface area contributed by atoms with Gasteiger partial charge in [-0.25, -0.2) is 10.4 Å². The Morgan fingerprint density at radius 2 is 1.67 bits per heavy atom. The van der Waals surface area contributed by atoms with E-state index in [-0.39, 0.29) is 12.5 Å². The molecule has 1 heterocycles. The third-order valence-corrected chi connectivity index (χ3v) is 7.77. The molecule has 9 heteroatoms. The van der Waals surface area contributed by atoms with Gasteiger partial charge in [0.2, 0.25) is 5.90 Å². The minimum absolute atomic E-state index is 0.0683. The first-order chi connectivity index (χ1) is 21.0. The molecule has 0 spiro atoms. The zero-order valence-electron chi connectivity index (χ0n) is 23.5. The summed E-state index contributed by atoms with van der Waals surface area (Å²) < 4.78 is 12.2. The van der Waals surface area contributed by atoms with Gasteiger partial charge in [-0.05, 0) is 59.5 Å². The van der Waals surface area contributed by atoms with Crippen LogP contribution in [0.3, 0.4) is 0 Å². The van der Waals surface area contributed by atoms with Gasteiger partial charge >= 0.3 is 0 Å². The second-order valence-corrected chi connectivity index (χ2v) is 11.1. The fourth-order valence-corrected chi connectivity index (χ4v) is 5.49. The summed E-state index contributed by atoms with van der Waals surface area (Å²) in [5.74, 6) is 0.731. The van der Waals surface area contributed by atoms with Crippen LogP contribution in [0.2, 0.25) is 10.0 Å². The third kappa shape index (κ3) is 7.56. The van der Waals surface area contributed by atoms with Crippen LogP contribution in [0, 0.1) is 0 Å².